The summed E-state index contributed by atoms with van der Waals surface area (Å²) in [7, 11) is 3.26. The minimum absolute atomic E-state index is 0.130. The third-order valence-electron chi connectivity index (χ3n) is 3.67. The van der Waals surface area contributed by atoms with Crippen molar-refractivity contribution in [3.8, 4) is 11.5 Å². The smallest absolute Gasteiger partial charge is 0.222 e. The Morgan fingerprint density at radius 2 is 2.20 bits per heavy atom. The van der Waals surface area contributed by atoms with Crippen LogP contribution in [0.2, 0.25) is 0 Å². The van der Waals surface area contributed by atoms with Crippen molar-refractivity contribution < 1.29 is 14.3 Å². The van der Waals surface area contributed by atoms with Gasteiger partial charge in [0.15, 0.2) is 0 Å². The molecule has 0 spiro atoms. The molecule has 1 amide bonds. The van der Waals surface area contributed by atoms with Gasteiger partial charge in [0.1, 0.15) is 11.5 Å². The lowest BCUT2D eigenvalue weighted by molar-refractivity contribution is -0.130. The van der Waals surface area contributed by atoms with Gasteiger partial charge < -0.3 is 20.1 Å². The molecule has 1 saturated heterocycles. The number of aryl methyl sites for hydroxylation is 1. The van der Waals surface area contributed by atoms with E-state index in [1.54, 1.807) is 14.2 Å². The number of nitrogens with zero attached hydrogens (tertiary/aromatic N) is 1. The molecule has 1 heterocycles. The zero-order chi connectivity index (χ0) is 14.5. The molecule has 0 unspecified atom stereocenters. The van der Waals surface area contributed by atoms with E-state index in [-0.39, 0.29) is 11.9 Å². The van der Waals surface area contributed by atoms with E-state index in [4.69, 9.17) is 15.2 Å². The van der Waals surface area contributed by atoms with Crippen LogP contribution >= 0.6 is 0 Å². The van der Waals surface area contributed by atoms with E-state index >= 15 is 0 Å². The molecule has 2 rings (SSSR count). The van der Waals surface area contributed by atoms with E-state index in [0.717, 1.165) is 30.0 Å². The van der Waals surface area contributed by atoms with Crippen LogP contribution in [0.4, 0.5) is 0 Å². The number of amides is 1. The molecule has 110 valence electrons. The lowest BCUT2D eigenvalue weighted by Gasteiger charge is -2.16. The molecule has 1 aromatic rings. The third kappa shape index (κ3) is 3.42. The Hall–Kier alpha value is -1.75. The number of carbonyl (C=O) groups excluding carboxylic acids is 1. The molecule has 1 atom stereocenters. The fraction of sp³-hybridized carbons (Fsp3) is 0.533. The van der Waals surface area contributed by atoms with Gasteiger partial charge in [0.05, 0.1) is 14.2 Å². The minimum Gasteiger partial charge on any atom is -0.497 e. The zero-order valence-electron chi connectivity index (χ0n) is 12.1. The Balaban J connectivity index is 1.97. The number of ether oxygens (including phenoxy) is 2. The molecule has 0 bridgehead atoms. The van der Waals surface area contributed by atoms with Crippen LogP contribution in [-0.4, -0.2) is 44.2 Å². The lowest BCUT2D eigenvalue weighted by Crippen LogP contribution is -2.32. The highest BCUT2D eigenvalue weighted by Gasteiger charge is 2.23. The molecule has 1 fully saturated rings. The van der Waals surface area contributed by atoms with Crippen molar-refractivity contribution in [2.45, 2.75) is 25.3 Å². The van der Waals surface area contributed by atoms with Crippen molar-refractivity contribution in [2.24, 2.45) is 5.73 Å². The van der Waals surface area contributed by atoms with Crippen LogP contribution in [0.5, 0.6) is 11.5 Å². The van der Waals surface area contributed by atoms with Crippen LogP contribution in [0.25, 0.3) is 0 Å². The Morgan fingerprint density at radius 1 is 1.40 bits per heavy atom. The Kier molecular flexibility index (Phi) is 4.84. The topological polar surface area (TPSA) is 64.8 Å². The second-order valence-electron chi connectivity index (χ2n) is 5.07. The summed E-state index contributed by atoms with van der Waals surface area (Å²) in [6, 6.07) is 5.76. The van der Waals surface area contributed by atoms with E-state index in [9.17, 15) is 4.79 Å². The zero-order valence-corrected chi connectivity index (χ0v) is 12.1. The highest BCUT2D eigenvalue weighted by atomic mass is 16.5. The van der Waals surface area contributed by atoms with E-state index in [1.165, 1.54) is 0 Å². The van der Waals surface area contributed by atoms with Gasteiger partial charge in [0, 0.05) is 25.6 Å². The second-order valence-corrected chi connectivity index (χ2v) is 5.07. The summed E-state index contributed by atoms with van der Waals surface area (Å²) in [4.78, 5) is 14.0. The first-order valence-corrected chi connectivity index (χ1v) is 6.88. The molecule has 5 heteroatoms. The summed E-state index contributed by atoms with van der Waals surface area (Å²) in [5, 5.41) is 0. The molecular weight excluding hydrogens is 256 g/mol. The average Bonchev–Trinajstić information content (AvgIpc) is 2.91. The molecular formula is C15H22N2O3. The van der Waals surface area contributed by atoms with Crippen molar-refractivity contribution in [3.05, 3.63) is 23.8 Å². The largest absolute Gasteiger partial charge is 0.497 e. The van der Waals surface area contributed by atoms with Gasteiger partial charge in [-0.25, -0.2) is 0 Å². The number of carbonyl (C=O) groups is 1. The van der Waals surface area contributed by atoms with Gasteiger partial charge in [0.25, 0.3) is 0 Å². The van der Waals surface area contributed by atoms with Crippen LogP contribution in [0, 0.1) is 0 Å². The fourth-order valence-corrected chi connectivity index (χ4v) is 2.49. The van der Waals surface area contributed by atoms with Crippen LogP contribution in [0.3, 0.4) is 0 Å². The van der Waals surface area contributed by atoms with Gasteiger partial charge in [0.2, 0.25) is 5.91 Å². The average molecular weight is 278 g/mol. The molecule has 1 aromatic carbocycles. The third-order valence-corrected chi connectivity index (χ3v) is 3.67. The standard InChI is InChI=1S/C15H22N2O3/c1-19-13-4-5-14(20-2)11(9-13)3-6-15(18)17-8-7-12(16)10-17/h4-5,9,12H,3,6-8,10,16H2,1-2H3/t12-/m1/s1. The Bertz CT molecular complexity index is 476. The van der Waals surface area contributed by atoms with Crippen molar-refractivity contribution >= 4 is 5.91 Å². The van der Waals surface area contributed by atoms with Crippen LogP contribution in [0.1, 0.15) is 18.4 Å². The number of nitrogens with two attached hydrogens (primary N) is 1. The lowest BCUT2D eigenvalue weighted by atomic mass is 10.1. The van der Waals surface area contributed by atoms with E-state index in [2.05, 4.69) is 0 Å². The van der Waals surface area contributed by atoms with Gasteiger partial charge in [-0.15, -0.1) is 0 Å². The summed E-state index contributed by atoms with van der Waals surface area (Å²) < 4.78 is 10.5. The van der Waals surface area contributed by atoms with Crippen molar-refractivity contribution in [2.75, 3.05) is 27.3 Å². The van der Waals surface area contributed by atoms with Crippen molar-refractivity contribution in [1.29, 1.82) is 0 Å². The van der Waals surface area contributed by atoms with Gasteiger partial charge in [-0.2, -0.15) is 0 Å². The maximum Gasteiger partial charge on any atom is 0.222 e. The molecule has 1 aliphatic heterocycles. The molecule has 2 N–H and O–H groups in total. The molecule has 1 aliphatic rings. The predicted octanol–water partition coefficient (Wildman–Crippen LogP) is 1.20. The molecule has 0 aromatic heterocycles. The van der Waals surface area contributed by atoms with Gasteiger partial charge in [-0.3, -0.25) is 4.79 Å². The van der Waals surface area contributed by atoms with Crippen molar-refractivity contribution in [1.82, 2.24) is 4.90 Å². The second kappa shape index (κ2) is 6.61. The molecule has 5 nitrogen and oxygen atoms in total. The summed E-state index contributed by atoms with van der Waals surface area (Å²) in [5.41, 5.74) is 6.81. The van der Waals surface area contributed by atoms with Crippen LogP contribution < -0.4 is 15.2 Å². The summed E-state index contributed by atoms with van der Waals surface area (Å²) in [5.74, 6) is 1.72. The summed E-state index contributed by atoms with van der Waals surface area (Å²) in [6.45, 7) is 1.45. The summed E-state index contributed by atoms with van der Waals surface area (Å²) in [6.07, 6.45) is 2.01. The maximum atomic E-state index is 12.1. The summed E-state index contributed by atoms with van der Waals surface area (Å²) >= 11 is 0. The number of hydrogen-bond acceptors (Lipinski definition) is 4. The van der Waals surface area contributed by atoms with Crippen LogP contribution in [-0.2, 0) is 11.2 Å². The molecule has 0 saturated carbocycles. The normalized spacial score (nSPS) is 18.1. The minimum atomic E-state index is 0.130. The number of rotatable bonds is 5. The van der Waals surface area contributed by atoms with Crippen molar-refractivity contribution in [3.63, 3.8) is 0 Å². The van der Waals surface area contributed by atoms with E-state index in [0.29, 0.717) is 19.4 Å². The monoisotopic (exact) mass is 278 g/mol. The number of likely N-dealkylation sites (tertiary alicyclic amines) is 1. The van der Waals surface area contributed by atoms with E-state index < -0.39 is 0 Å². The fourth-order valence-electron chi connectivity index (χ4n) is 2.49. The Labute approximate surface area is 119 Å². The highest BCUT2D eigenvalue weighted by Crippen LogP contribution is 2.25. The first kappa shape index (κ1) is 14.7. The first-order chi connectivity index (χ1) is 9.63. The maximum absolute atomic E-state index is 12.1. The molecule has 20 heavy (non-hydrogen) atoms. The number of methoxy groups -OCH3 is 2. The van der Waals surface area contributed by atoms with Gasteiger partial charge in [-0.1, -0.05) is 0 Å². The highest BCUT2D eigenvalue weighted by molar-refractivity contribution is 5.77. The Morgan fingerprint density at radius 3 is 2.80 bits per heavy atom. The van der Waals surface area contributed by atoms with Gasteiger partial charge >= 0.3 is 0 Å². The van der Waals surface area contributed by atoms with Crippen LogP contribution in [0.15, 0.2) is 18.2 Å². The molecule has 0 radical (unpaired) electrons. The van der Waals surface area contributed by atoms with E-state index in [1.807, 2.05) is 23.1 Å². The number of hydrogen-bond donors (Lipinski definition) is 1. The quantitative estimate of drug-likeness (QED) is 0.879. The van der Waals surface area contributed by atoms with Gasteiger partial charge in [-0.05, 0) is 36.6 Å². The number of benzene rings is 1. The SMILES string of the molecule is COc1ccc(OC)c(CCC(=O)N2CC[C@@H](N)C2)c1. The first-order valence-electron chi connectivity index (χ1n) is 6.88. The molecule has 0 aliphatic carbocycles. The predicted molar refractivity (Wildman–Crippen MR) is 77.0 cm³/mol.